The molecular formula is C12H13NO5S. The summed E-state index contributed by atoms with van der Waals surface area (Å²) in [5, 5.41) is 10.5. The summed E-state index contributed by atoms with van der Waals surface area (Å²) >= 11 is 1.84. The van der Waals surface area contributed by atoms with Gasteiger partial charge in [-0.2, -0.15) is 11.8 Å². The first-order valence-electron chi connectivity index (χ1n) is 5.86. The van der Waals surface area contributed by atoms with Gasteiger partial charge < -0.3 is 9.47 Å². The average Bonchev–Trinajstić information content (AvgIpc) is 2.40. The molecule has 1 aromatic carbocycles. The summed E-state index contributed by atoms with van der Waals surface area (Å²) in [4.78, 5) is 21.5. The molecular weight excluding hydrogens is 270 g/mol. The molecule has 1 heterocycles. The monoisotopic (exact) mass is 283 g/mol. The van der Waals surface area contributed by atoms with Crippen LogP contribution in [0.1, 0.15) is 12.8 Å². The predicted molar refractivity (Wildman–Crippen MR) is 70.6 cm³/mol. The first-order chi connectivity index (χ1) is 9.15. The van der Waals surface area contributed by atoms with Crippen molar-refractivity contribution in [1.82, 2.24) is 0 Å². The number of ether oxygens (including phenoxy) is 2. The van der Waals surface area contributed by atoms with Gasteiger partial charge in [-0.1, -0.05) is 0 Å². The van der Waals surface area contributed by atoms with Crippen LogP contribution in [0.4, 0.5) is 10.5 Å². The fourth-order valence-corrected chi connectivity index (χ4v) is 2.75. The molecule has 1 saturated heterocycles. The fourth-order valence-electron chi connectivity index (χ4n) is 1.69. The highest BCUT2D eigenvalue weighted by Gasteiger charge is 2.19. The van der Waals surface area contributed by atoms with Crippen LogP contribution in [0, 0.1) is 10.1 Å². The highest BCUT2D eigenvalue weighted by molar-refractivity contribution is 7.99. The molecule has 6 nitrogen and oxygen atoms in total. The van der Waals surface area contributed by atoms with Gasteiger partial charge in [0.15, 0.2) is 0 Å². The maximum Gasteiger partial charge on any atom is 0.514 e. The third kappa shape index (κ3) is 4.13. The summed E-state index contributed by atoms with van der Waals surface area (Å²) in [5.74, 6) is 2.20. The number of nitrogens with zero attached hydrogens (tertiary/aromatic N) is 1. The lowest BCUT2D eigenvalue weighted by molar-refractivity contribution is -0.384. The van der Waals surface area contributed by atoms with Crippen molar-refractivity contribution in [2.45, 2.75) is 18.9 Å². The summed E-state index contributed by atoms with van der Waals surface area (Å²) in [6.07, 6.45) is 0.817. The molecule has 0 aliphatic carbocycles. The second-order valence-corrected chi connectivity index (χ2v) is 5.26. The van der Waals surface area contributed by atoms with E-state index in [4.69, 9.17) is 9.47 Å². The molecule has 1 aliphatic rings. The molecule has 7 heteroatoms. The zero-order valence-electron chi connectivity index (χ0n) is 10.1. The van der Waals surface area contributed by atoms with Crippen LogP contribution in [0.3, 0.4) is 0 Å². The topological polar surface area (TPSA) is 78.7 Å². The fraction of sp³-hybridized carbons (Fsp3) is 0.417. The van der Waals surface area contributed by atoms with Gasteiger partial charge in [-0.15, -0.1) is 0 Å². The van der Waals surface area contributed by atoms with E-state index in [2.05, 4.69) is 0 Å². The Balaban J connectivity index is 1.85. The Hall–Kier alpha value is -1.76. The second kappa shape index (κ2) is 6.42. The van der Waals surface area contributed by atoms with Crippen molar-refractivity contribution in [3.8, 4) is 5.75 Å². The smallest absolute Gasteiger partial charge is 0.431 e. The van der Waals surface area contributed by atoms with Crippen LogP contribution in [0.15, 0.2) is 24.3 Å². The zero-order chi connectivity index (χ0) is 13.7. The highest BCUT2D eigenvalue weighted by atomic mass is 32.2. The van der Waals surface area contributed by atoms with E-state index in [9.17, 15) is 14.9 Å². The summed E-state index contributed by atoms with van der Waals surface area (Å²) in [6, 6.07) is 5.30. The Morgan fingerprint density at radius 1 is 1.26 bits per heavy atom. The van der Waals surface area contributed by atoms with Gasteiger partial charge >= 0.3 is 6.16 Å². The summed E-state index contributed by atoms with van der Waals surface area (Å²) < 4.78 is 10.1. The van der Waals surface area contributed by atoms with Crippen LogP contribution in [-0.4, -0.2) is 28.7 Å². The Morgan fingerprint density at radius 3 is 2.47 bits per heavy atom. The van der Waals surface area contributed by atoms with Crippen LogP contribution >= 0.6 is 11.8 Å². The van der Waals surface area contributed by atoms with Gasteiger partial charge in [0, 0.05) is 12.1 Å². The van der Waals surface area contributed by atoms with Crippen LogP contribution in [0.5, 0.6) is 5.75 Å². The van der Waals surface area contributed by atoms with Gasteiger partial charge in [-0.25, -0.2) is 4.79 Å². The van der Waals surface area contributed by atoms with Crippen LogP contribution in [-0.2, 0) is 4.74 Å². The molecule has 0 radical (unpaired) electrons. The van der Waals surface area contributed by atoms with Crippen LogP contribution in [0.2, 0.25) is 0 Å². The molecule has 1 aliphatic heterocycles. The number of nitro groups is 1. The molecule has 0 atom stereocenters. The predicted octanol–water partition coefficient (Wildman–Crippen LogP) is 3.01. The summed E-state index contributed by atoms with van der Waals surface area (Å²) in [6.45, 7) is 0. The van der Waals surface area contributed by atoms with Crippen molar-refractivity contribution < 1.29 is 19.2 Å². The van der Waals surface area contributed by atoms with Crippen LogP contribution < -0.4 is 4.74 Å². The molecule has 102 valence electrons. The standard InChI is InChI=1S/C12H13NO5S/c14-12(18-11-5-7-19-8-6-11)17-10-3-1-9(2-4-10)13(15)16/h1-4,11H,5-8H2. The number of carbonyl (C=O) groups excluding carboxylic acids is 1. The quantitative estimate of drug-likeness (QED) is 0.367. The normalized spacial score (nSPS) is 15.8. The maximum atomic E-state index is 11.5. The molecule has 19 heavy (non-hydrogen) atoms. The third-order valence-corrected chi connectivity index (χ3v) is 3.73. The molecule has 1 fully saturated rings. The minimum Gasteiger partial charge on any atom is -0.431 e. The lowest BCUT2D eigenvalue weighted by Crippen LogP contribution is -2.24. The molecule has 1 aromatic rings. The minimum absolute atomic E-state index is 0.0509. The van der Waals surface area contributed by atoms with Gasteiger partial charge in [0.2, 0.25) is 0 Å². The molecule has 0 saturated carbocycles. The number of carbonyl (C=O) groups is 1. The first kappa shape index (κ1) is 13.7. The van der Waals surface area contributed by atoms with E-state index in [1.54, 1.807) is 0 Å². The Kier molecular flexibility index (Phi) is 4.62. The maximum absolute atomic E-state index is 11.5. The summed E-state index contributed by atoms with van der Waals surface area (Å²) in [7, 11) is 0. The Bertz CT molecular complexity index is 456. The van der Waals surface area contributed by atoms with Crippen molar-refractivity contribution in [2.24, 2.45) is 0 Å². The second-order valence-electron chi connectivity index (χ2n) is 4.03. The number of hydrogen-bond acceptors (Lipinski definition) is 6. The van der Waals surface area contributed by atoms with Gasteiger partial charge in [0.25, 0.3) is 5.69 Å². The highest BCUT2D eigenvalue weighted by Crippen LogP contribution is 2.21. The van der Waals surface area contributed by atoms with E-state index in [1.807, 2.05) is 11.8 Å². The van der Waals surface area contributed by atoms with E-state index in [0.29, 0.717) is 0 Å². The number of rotatable bonds is 3. The molecule has 2 rings (SSSR count). The average molecular weight is 283 g/mol. The number of non-ortho nitro benzene ring substituents is 1. The SMILES string of the molecule is O=C(Oc1ccc([N+](=O)[O-])cc1)OC1CCSCC1. The summed E-state index contributed by atoms with van der Waals surface area (Å²) in [5.41, 5.74) is -0.0509. The third-order valence-electron chi connectivity index (χ3n) is 2.68. The van der Waals surface area contributed by atoms with Crippen molar-refractivity contribution in [2.75, 3.05) is 11.5 Å². The lowest BCUT2D eigenvalue weighted by Gasteiger charge is -2.20. The van der Waals surface area contributed by atoms with Crippen molar-refractivity contribution in [3.63, 3.8) is 0 Å². The van der Waals surface area contributed by atoms with E-state index in [1.165, 1.54) is 24.3 Å². The number of nitro benzene ring substituents is 1. The number of thioether (sulfide) groups is 1. The first-order valence-corrected chi connectivity index (χ1v) is 7.01. The molecule has 0 bridgehead atoms. The van der Waals surface area contributed by atoms with Crippen LogP contribution in [0.25, 0.3) is 0 Å². The Morgan fingerprint density at radius 2 is 1.89 bits per heavy atom. The minimum atomic E-state index is -0.759. The van der Waals surface area contributed by atoms with E-state index < -0.39 is 11.1 Å². The van der Waals surface area contributed by atoms with Crippen molar-refractivity contribution >= 4 is 23.6 Å². The van der Waals surface area contributed by atoms with Gasteiger partial charge in [-0.05, 0) is 36.5 Å². The number of benzene rings is 1. The van der Waals surface area contributed by atoms with Gasteiger partial charge in [0.1, 0.15) is 11.9 Å². The molecule has 0 unspecified atom stereocenters. The van der Waals surface area contributed by atoms with Crippen molar-refractivity contribution in [3.05, 3.63) is 34.4 Å². The van der Waals surface area contributed by atoms with Gasteiger partial charge in [-0.3, -0.25) is 10.1 Å². The van der Waals surface area contributed by atoms with E-state index >= 15 is 0 Å². The van der Waals surface area contributed by atoms with Gasteiger partial charge in [0.05, 0.1) is 4.92 Å². The number of hydrogen-bond donors (Lipinski definition) is 0. The van der Waals surface area contributed by atoms with E-state index in [0.717, 1.165) is 24.3 Å². The largest absolute Gasteiger partial charge is 0.514 e. The molecule has 0 spiro atoms. The van der Waals surface area contributed by atoms with Crippen molar-refractivity contribution in [1.29, 1.82) is 0 Å². The lowest BCUT2D eigenvalue weighted by atomic mass is 10.2. The van der Waals surface area contributed by atoms with E-state index in [-0.39, 0.29) is 17.5 Å². The Labute approximate surface area is 114 Å². The zero-order valence-corrected chi connectivity index (χ0v) is 10.9. The molecule has 0 aromatic heterocycles. The molecule has 0 amide bonds. The molecule has 0 N–H and O–H groups in total.